The van der Waals surface area contributed by atoms with Crippen LogP contribution in [0.25, 0.3) is 0 Å². The summed E-state index contributed by atoms with van der Waals surface area (Å²) in [5.41, 5.74) is 0. The van der Waals surface area contributed by atoms with E-state index in [0.29, 0.717) is 0 Å². The maximum atomic E-state index is 11.6. The third-order valence-electron chi connectivity index (χ3n) is 2.90. The van der Waals surface area contributed by atoms with Crippen molar-refractivity contribution in [2.45, 2.75) is 19.0 Å². The fourth-order valence-corrected chi connectivity index (χ4v) is 4.14. The quantitative estimate of drug-likeness (QED) is 0.515. The highest BCUT2D eigenvalue weighted by molar-refractivity contribution is 6.64. The minimum absolute atomic E-state index is 0.201. The third kappa shape index (κ3) is 2.35. The second-order valence-corrected chi connectivity index (χ2v) is 7.39. The van der Waals surface area contributed by atoms with Gasteiger partial charge in [-0.3, -0.25) is 4.79 Å². The molecule has 0 aromatic heterocycles. The minimum Gasteiger partial charge on any atom is -0.375 e. The van der Waals surface area contributed by atoms with Gasteiger partial charge in [0.05, 0.1) is 0 Å². The smallest absolute Gasteiger partial charge is 0.375 e. The predicted molar refractivity (Wildman–Crippen MR) is 63.8 cm³/mol. The second kappa shape index (κ2) is 5.58. The van der Waals surface area contributed by atoms with E-state index in [2.05, 4.69) is 6.58 Å². The van der Waals surface area contributed by atoms with E-state index >= 15 is 0 Å². The van der Waals surface area contributed by atoms with Crippen molar-refractivity contribution >= 4 is 14.7 Å². The molecule has 0 unspecified atom stereocenters. The number of hydrogen-bond donors (Lipinski definition) is 0. The number of amides is 1. The Hall–Kier alpha value is -0.693. The summed E-state index contributed by atoms with van der Waals surface area (Å²) in [6, 6.07) is 0. The average molecular weight is 247 g/mol. The van der Waals surface area contributed by atoms with Crippen LogP contribution in [0.4, 0.5) is 0 Å². The molecular formula is C10H21NO4Si. The van der Waals surface area contributed by atoms with Gasteiger partial charge in [-0.25, -0.2) is 0 Å². The summed E-state index contributed by atoms with van der Waals surface area (Å²) in [4.78, 5) is 13.1. The molecule has 1 amide bonds. The molecule has 0 N–H and O–H groups in total. The van der Waals surface area contributed by atoms with Gasteiger partial charge in [0.1, 0.15) is 5.16 Å². The first-order valence-corrected chi connectivity index (χ1v) is 6.61. The first kappa shape index (κ1) is 15.3. The molecule has 0 spiro atoms. The predicted octanol–water partition coefficient (Wildman–Crippen LogP) is 0.827. The van der Waals surface area contributed by atoms with Crippen LogP contribution in [0.5, 0.6) is 0 Å². The molecule has 0 aromatic carbocycles. The highest BCUT2D eigenvalue weighted by atomic mass is 28.4. The van der Waals surface area contributed by atoms with Crippen LogP contribution in [0, 0.1) is 0 Å². The lowest BCUT2D eigenvalue weighted by Crippen LogP contribution is -2.68. The molecule has 0 heterocycles. The molecule has 0 aliphatic rings. The van der Waals surface area contributed by atoms with E-state index in [4.69, 9.17) is 13.3 Å². The van der Waals surface area contributed by atoms with Crippen LogP contribution in [0.2, 0.25) is 0 Å². The number of carbonyl (C=O) groups excluding carboxylic acids is 1. The van der Waals surface area contributed by atoms with Gasteiger partial charge in [-0.15, -0.1) is 0 Å². The standard InChI is InChI=1S/C10H21NO4Si/c1-8-9(12)11(4)10(2,3)16(13-5,14-6)15-7/h8H,1H2,2-7H3. The van der Waals surface area contributed by atoms with Gasteiger partial charge < -0.3 is 18.2 Å². The molecule has 0 rings (SSSR count). The highest BCUT2D eigenvalue weighted by Crippen LogP contribution is 2.27. The molecule has 0 aliphatic carbocycles. The molecule has 0 saturated heterocycles. The van der Waals surface area contributed by atoms with E-state index in [9.17, 15) is 4.79 Å². The van der Waals surface area contributed by atoms with Crippen LogP contribution in [0.15, 0.2) is 12.7 Å². The Bertz CT molecular complexity index is 255. The fourth-order valence-electron chi connectivity index (χ4n) is 1.62. The topological polar surface area (TPSA) is 48.0 Å². The number of carbonyl (C=O) groups is 1. The lowest BCUT2D eigenvalue weighted by Gasteiger charge is -2.43. The van der Waals surface area contributed by atoms with E-state index < -0.39 is 14.0 Å². The molecule has 0 radical (unpaired) electrons. The van der Waals surface area contributed by atoms with Gasteiger partial charge in [0.25, 0.3) is 0 Å². The van der Waals surface area contributed by atoms with Crippen LogP contribution in [0.1, 0.15) is 13.8 Å². The minimum atomic E-state index is -2.93. The molecule has 0 aliphatic heterocycles. The van der Waals surface area contributed by atoms with Crippen LogP contribution < -0.4 is 0 Å². The lowest BCUT2D eigenvalue weighted by atomic mass is 10.3. The molecule has 5 nitrogen and oxygen atoms in total. The van der Waals surface area contributed by atoms with Crippen LogP contribution in [0.3, 0.4) is 0 Å². The Balaban J connectivity index is 5.27. The molecule has 0 atom stereocenters. The SMILES string of the molecule is C=CC(=O)N(C)C(C)(C)[Si](OC)(OC)OC. The Morgan fingerprint density at radius 1 is 1.25 bits per heavy atom. The highest BCUT2D eigenvalue weighted by Gasteiger charge is 2.57. The molecule has 6 heteroatoms. The van der Waals surface area contributed by atoms with Gasteiger partial charge in [0.15, 0.2) is 0 Å². The molecule has 0 bridgehead atoms. The second-order valence-electron chi connectivity index (χ2n) is 3.83. The van der Waals surface area contributed by atoms with Crippen molar-refractivity contribution in [3.8, 4) is 0 Å². The molecule has 0 fully saturated rings. The van der Waals surface area contributed by atoms with Crippen molar-refractivity contribution in [1.29, 1.82) is 0 Å². The number of nitrogens with zero attached hydrogens (tertiary/aromatic N) is 1. The summed E-state index contributed by atoms with van der Waals surface area (Å²) in [6.07, 6.45) is 1.25. The van der Waals surface area contributed by atoms with Crippen LogP contribution in [-0.4, -0.2) is 53.2 Å². The van der Waals surface area contributed by atoms with Crippen molar-refractivity contribution in [3.05, 3.63) is 12.7 Å². The number of rotatable bonds is 6. The van der Waals surface area contributed by atoms with E-state index in [1.54, 1.807) is 7.05 Å². The largest absolute Gasteiger partial charge is 0.526 e. The van der Waals surface area contributed by atoms with Gasteiger partial charge in [0, 0.05) is 28.4 Å². The molecule has 0 saturated carbocycles. The summed E-state index contributed by atoms with van der Waals surface area (Å²) >= 11 is 0. The Morgan fingerprint density at radius 3 is 1.88 bits per heavy atom. The van der Waals surface area contributed by atoms with E-state index in [1.807, 2.05) is 13.8 Å². The summed E-state index contributed by atoms with van der Waals surface area (Å²) in [5.74, 6) is -0.201. The Kier molecular flexibility index (Phi) is 5.34. The molecule has 94 valence electrons. The fraction of sp³-hybridized carbons (Fsp3) is 0.700. The van der Waals surface area contributed by atoms with Crippen LogP contribution >= 0.6 is 0 Å². The zero-order valence-corrected chi connectivity index (χ0v) is 11.9. The molecule has 0 aromatic rings. The zero-order chi connectivity index (χ0) is 13.0. The number of hydrogen-bond acceptors (Lipinski definition) is 4. The molecular weight excluding hydrogens is 226 g/mol. The van der Waals surface area contributed by atoms with E-state index in [1.165, 1.54) is 32.3 Å². The van der Waals surface area contributed by atoms with Gasteiger partial charge in [-0.05, 0) is 19.9 Å². The molecule has 16 heavy (non-hydrogen) atoms. The summed E-state index contributed by atoms with van der Waals surface area (Å²) < 4.78 is 16.1. The van der Waals surface area contributed by atoms with Gasteiger partial charge in [-0.2, -0.15) is 0 Å². The van der Waals surface area contributed by atoms with Gasteiger partial charge in [-0.1, -0.05) is 6.58 Å². The summed E-state index contributed by atoms with van der Waals surface area (Å²) in [7, 11) is 3.30. The number of likely N-dealkylation sites (N-methyl/N-ethyl adjacent to an activating group) is 1. The average Bonchev–Trinajstić information content (AvgIpc) is 2.29. The first-order valence-electron chi connectivity index (χ1n) is 4.88. The maximum absolute atomic E-state index is 11.6. The van der Waals surface area contributed by atoms with Crippen LogP contribution in [-0.2, 0) is 18.1 Å². The monoisotopic (exact) mass is 247 g/mol. The third-order valence-corrected chi connectivity index (χ3v) is 6.35. The van der Waals surface area contributed by atoms with Gasteiger partial charge >= 0.3 is 8.80 Å². The van der Waals surface area contributed by atoms with Crippen molar-refractivity contribution < 1.29 is 18.1 Å². The Labute approximate surface area is 98.3 Å². The summed E-state index contributed by atoms with van der Waals surface area (Å²) in [6.45, 7) is 7.15. The first-order chi connectivity index (χ1) is 7.32. The summed E-state index contributed by atoms with van der Waals surface area (Å²) in [5, 5.41) is -0.670. The van der Waals surface area contributed by atoms with Gasteiger partial charge in [0.2, 0.25) is 5.91 Å². The van der Waals surface area contributed by atoms with Crippen molar-refractivity contribution in [2.75, 3.05) is 28.4 Å². The van der Waals surface area contributed by atoms with Crippen molar-refractivity contribution in [2.24, 2.45) is 0 Å². The maximum Gasteiger partial charge on any atom is 0.526 e. The van der Waals surface area contributed by atoms with E-state index in [0.717, 1.165) is 0 Å². The zero-order valence-electron chi connectivity index (χ0n) is 10.9. The Morgan fingerprint density at radius 2 is 1.62 bits per heavy atom. The van der Waals surface area contributed by atoms with E-state index in [-0.39, 0.29) is 5.91 Å². The van der Waals surface area contributed by atoms with Crippen molar-refractivity contribution in [3.63, 3.8) is 0 Å². The lowest BCUT2D eigenvalue weighted by molar-refractivity contribution is -0.129. The normalized spacial score (nSPS) is 12.4. The van der Waals surface area contributed by atoms with Crippen molar-refractivity contribution in [1.82, 2.24) is 4.90 Å².